The third-order valence-electron chi connectivity index (χ3n) is 2.31. The van der Waals surface area contributed by atoms with E-state index in [2.05, 4.69) is 0 Å². The topological polar surface area (TPSA) is 78.6 Å². The van der Waals surface area contributed by atoms with Crippen LogP contribution >= 0.6 is 0 Å². The summed E-state index contributed by atoms with van der Waals surface area (Å²) in [6.07, 6.45) is 3.11. The van der Waals surface area contributed by atoms with Gasteiger partial charge in [0.15, 0.2) is 0 Å². The minimum atomic E-state index is -2.92. The van der Waals surface area contributed by atoms with Crippen LogP contribution in [-0.2, 0) is 19.3 Å². The molecular weight excluding hydrogens is 218 g/mol. The van der Waals surface area contributed by atoms with Crippen molar-refractivity contribution in [2.45, 2.75) is 25.0 Å². The fraction of sp³-hybridized carbons (Fsp3) is 1.00. The lowest BCUT2D eigenvalue weighted by molar-refractivity contribution is -0.0444. The first-order valence-corrected chi connectivity index (χ1v) is 7.16. The van der Waals surface area contributed by atoms with Crippen molar-refractivity contribution in [1.29, 1.82) is 0 Å². The van der Waals surface area contributed by atoms with Crippen molar-refractivity contribution in [2.75, 3.05) is 31.8 Å². The van der Waals surface area contributed by atoms with E-state index in [1.54, 1.807) is 0 Å². The van der Waals surface area contributed by atoms with Crippen molar-refractivity contribution in [3.8, 4) is 0 Å². The number of ether oxygens (including phenoxy) is 2. The van der Waals surface area contributed by atoms with Gasteiger partial charge in [-0.1, -0.05) is 0 Å². The van der Waals surface area contributed by atoms with Crippen LogP contribution in [0.3, 0.4) is 0 Å². The first-order chi connectivity index (χ1) is 6.97. The Hall–Kier alpha value is -0.170. The van der Waals surface area contributed by atoms with Crippen LogP contribution in [-0.4, -0.2) is 52.4 Å². The quantitative estimate of drug-likeness (QED) is 0.655. The fourth-order valence-corrected chi connectivity index (χ4v) is 1.80. The van der Waals surface area contributed by atoms with Gasteiger partial charge in [0.25, 0.3) is 0 Å². The van der Waals surface area contributed by atoms with Gasteiger partial charge in [0, 0.05) is 12.3 Å². The highest BCUT2D eigenvalue weighted by Gasteiger charge is 2.18. The molecule has 0 aromatic heterocycles. The molecule has 2 N–H and O–H groups in total. The molecule has 15 heavy (non-hydrogen) atoms. The third kappa shape index (κ3) is 6.09. The van der Waals surface area contributed by atoms with Crippen LogP contribution in [0.5, 0.6) is 0 Å². The molecule has 1 aliphatic rings. The minimum absolute atomic E-state index is 0.0687. The van der Waals surface area contributed by atoms with Gasteiger partial charge in [-0.25, -0.2) is 8.42 Å². The molecule has 5 nitrogen and oxygen atoms in total. The Morgan fingerprint density at radius 3 is 2.73 bits per heavy atom. The first-order valence-electron chi connectivity index (χ1n) is 5.10. The second-order valence-corrected chi connectivity index (χ2v) is 6.26. The van der Waals surface area contributed by atoms with Crippen molar-refractivity contribution >= 4 is 9.84 Å². The molecule has 0 saturated carbocycles. The molecule has 1 unspecified atom stereocenters. The van der Waals surface area contributed by atoms with E-state index >= 15 is 0 Å². The smallest absolute Gasteiger partial charge is 0.149 e. The molecule has 1 fully saturated rings. The summed E-state index contributed by atoms with van der Waals surface area (Å²) in [4.78, 5) is 0. The zero-order chi connectivity index (χ0) is 11.3. The van der Waals surface area contributed by atoms with Gasteiger partial charge >= 0.3 is 0 Å². The molecule has 0 spiro atoms. The predicted molar refractivity (Wildman–Crippen MR) is 57.5 cm³/mol. The van der Waals surface area contributed by atoms with Gasteiger partial charge in [-0.3, -0.25) is 0 Å². The van der Waals surface area contributed by atoms with E-state index in [4.69, 9.17) is 15.2 Å². The molecule has 1 rings (SSSR count). The summed E-state index contributed by atoms with van der Waals surface area (Å²) < 4.78 is 32.3. The molecule has 0 aromatic rings. The van der Waals surface area contributed by atoms with Gasteiger partial charge in [-0.05, 0) is 12.8 Å². The van der Waals surface area contributed by atoms with Crippen LogP contribution in [0.2, 0.25) is 0 Å². The number of sulfone groups is 1. The van der Waals surface area contributed by atoms with E-state index in [9.17, 15) is 8.42 Å². The zero-order valence-electron chi connectivity index (χ0n) is 9.02. The lowest BCUT2D eigenvalue weighted by Gasteiger charge is -2.26. The van der Waals surface area contributed by atoms with Crippen molar-refractivity contribution in [3.05, 3.63) is 0 Å². The predicted octanol–water partition coefficient (Wildman–Crippen LogP) is -0.446. The van der Waals surface area contributed by atoms with E-state index in [0.717, 1.165) is 12.8 Å². The van der Waals surface area contributed by atoms with Gasteiger partial charge in [0.2, 0.25) is 0 Å². The summed E-state index contributed by atoms with van der Waals surface area (Å²) in [6, 6.07) is 0.136. The van der Waals surface area contributed by atoms with Gasteiger partial charge in [0.05, 0.1) is 31.7 Å². The van der Waals surface area contributed by atoms with Gasteiger partial charge in [-0.2, -0.15) is 0 Å². The average molecular weight is 237 g/mol. The second kappa shape index (κ2) is 5.79. The summed E-state index contributed by atoms with van der Waals surface area (Å²) in [6.45, 7) is 1.27. The largest absolute Gasteiger partial charge is 0.378 e. The summed E-state index contributed by atoms with van der Waals surface area (Å²) in [5, 5.41) is 0. The maximum Gasteiger partial charge on any atom is 0.149 e. The molecule has 0 bridgehead atoms. The van der Waals surface area contributed by atoms with Crippen molar-refractivity contribution in [1.82, 2.24) is 0 Å². The number of nitrogens with two attached hydrogens (primary N) is 1. The average Bonchev–Trinajstić information content (AvgIpc) is 2.14. The molecule has 0 aliphatic carbocycles. The Kier molecular flexibility index (Phi) is 4.98. The normalized spacial score (nSPS) is 27.9. The molecule has 1 aliphatic heterocycles. The third-order valence-corrected chi connectivity index (χ3v) is 3.22. The molecule has 1 heterocycles. The van der Waals surface area contributed by atoms with Crippen LogP contribution in [0, 0.1) is 0 Å². The lowest BCUT2D eigenvalue weighted by Crippen LogP contribution is -2.37. The Morgan fingerprint density at radius 1 is 1.47 bits per heavy atom. The van der Waals surface area contributed by atoms with Crippen LogP contribution in [0.15, 0.2) is 0 Å². The summed E-state index contributed by atoms with van der Waals surface area (Å²) in [7, 11) is -2.92. The number of hydrogen-bond donors (Lipinski definition) is 1. The van der Waals surface area contributed by atoms with Gasteiger partial charge in [0.1, 0.15) is 9.84 Å². The SMILES string of the molecule is CS(=O)(=O)CCOCC1CC[C@H](N)CO1. The molecule has 2 atom stereocenters. The molecule has 0 aromatic carbocycles. The van der Waals surface area contributed by atoms with E-state index in [-0.39, 0.29) is 24.5 Å². The number of hydrogen-bond acceptors (Lipinski definition) is 5. The fourth-order valence-electron chi connectivity index (χ4n) is 1.38. The first kappa shape index (κ1) is 12.9. The summed E-state index contributed by atoms with van der Waals surface area (Å²) in [5.74, 6) is 0.0687. The van der Waals surface area contributed by atoms with Crippen LogP contribution < -0.4 is 5.73 Å². The highest BCUT2D eigenvalue weighted by atomic mass is 32.2. The Labute approximate surface area is 90.8 Å². The Morgan fingerprint density at radius 2 is 2.20 bits per heavy atom. The molecule has 0 radical (unpaired) electrons. The Balaban J connectivity index is 2.06. The Bertz CT molecular complexity index is 270. The molecule has 1 saturated heterocycles. The highest BCUT2D eigenvalue weighted by Crippen LogP contribution is 2.12. The number of rotatable bonds is 5. The monoisotopic (exact) mass is 237 g/mol. The van der Waals surface area contributed by atoms with Crippen molar-refractivity contribution < 1.29 is 17.9 Å². The van der Waals surface area contributed by atoms with Crippen LogP contribution in [0.1, 0.15) is 12.8 Å². The van der Waals surface area contributed by atoms with Crippen molar-refractivity contribution in [3.63, 3.8) is 0 Å². The summed E-state index contributed by atoms with van der Waals surface area (Å²) in [5.41, 5.74) is 5.66. The molecule has 0 amide bonds. The zero-order valence-corrected chi connectivity index (χ0v) is 9.83. The second-order valence-electron chi connectivity index (χ2n) is 4.00. The van der Waals surface area contributed by atoms with E-state index in [1.165, 1.54) is 6.26 Å². The summed E-state index contributed by atoms with van der Waals surface area (Å²) >= 11 is 0. The standard InChI is InChI=1S/C9H19NO4S/c1-15(11,12)5-4-13-7-9-3-2-8(10)6-14-9/h8-9H,2-7,10H2,1H3/t8-,9?/m0/s1. The maximum absolute atomic E-state index is 10.8. The highest BCUT2D eigenvalue weighted by molar-refractivity contribution is 7.90. The molecule has 90 valence electrons. The van der Waals surface area contributed by atoms with Crippen molar-refractivity contribution in [2.24, 2.45) is 5.73 Å². The maximum atomic E-state index is 10.8. The van der Waals surface area contributed by atoms with E-state index in [1.807, 2.05) is 0 Å². The van der Waals surface area contributed by atoms with Crippen LogP contribution in [0.4, 0.5) is 0 Å². The van der Waals surface area contributed by atoms with Crippen LogP contribution in [0.25, 0.3) is 0 Å². The van der Waals surface area contributed by atoms with E-state index < -0.39 is 9.84 Å². The minimum Gasteiger partial charge on any atom is -0.378 e. The van der Waals surface area contributed by atoms with Gasteiger partial charge < -0.3 is 15.2 Å². The van der Waals surface area contributed by atoms with Gasteiger partial charge in [-0.15, -0.1) is 0 Å². The molecule has 6 heteroatoms. The molecular formula is C9H19NO4S. The van der Waals surface area contributed by atoms with E-state index in [0.29, 0.717) is 13.2 Å². The lowest BCUT2D eigenvalue weighted by atomic mass is 10.1.